The molecule has 0 unspecified atom stereocenters. The molecule has 0 bridgehead atoms. The van der Waals surface area contributed by atoms with Gasteiger partial charge in [0.15, 0.2) is 5.16 Å². The Morgan fingerprint density at radius 1 is 1.56 bits per heavy atom. The molecule has 0 fully saturated rings. The van der Waals surface area contributed by atoms with Crippen molar-refractivity contribution >= 4 is 22.8 Å². The van der Waals surface area contributed by atoms with Crippen molar-refractivity contribution in [3.63, 3.8) is 0 Å². The Kier molecular flexibility index (Phi) is 3.11. The van der Waals surface area contributed by atoms with Gasteiger partial charge >= 0.3 is 0 Å². The van der Waals surface area contributed by atoms with Crippen LogP contribution in [0.15, 0.2) is 23.4 Å². The molecule has 0 radical (unpaired) electrons. The van der Waals surface area contributed by atoms with Crippen LogP contribution in [-0.2, 0) is 7.05 Å². The van der Waals surface area contributed by atoms with Crippen LogP contribution in [0, 0.1) is 17.1 Å². The molecule has 0 aliphatic rings. The van der Waals surface area contributed by atoms with Crippen molar-refractivity contribution in [1.29, 1.82) is 5.26 Å². The number of hydrogen-bond donors (Lipinski definition) is 0. The van der Waals surface area contributed by atoms with E-state index < -0.39 is 0 Å². The fourth-order valence-electron chi connectivity index (χ4n) is 1.47. The molecule has 2 rings (SSSR count). The zero-order chi connectivity index (χ0) is 11.5. The van der Waals surface area contributed by atoms with E-state index in [1.165, 1.54) is 23.9 Å². The third-order valence-corrected chi connectivity index (χ3v) is 3.28. The number of fused-ring (bicyclic) bond motifs is 1. The van der Waals surface area contributed by atoms with E-state index in [9.17, 15) is 4.39 Å². The second-order valence-electron chi connectivity index (χ2n) is 3.34. The van der Waals surface area contributed by atoms with Crippen LogP contribution in [0.25, 0.3) is 11.0 Å². The number of benzene rings is 1. The Morgan fingerprint density at radius 2 is 2.38 bits per heavy atom. The molecule has 3 nitrogen and oxygen atoms in total. The average Bonchev–Trinajstić information content (AvgIpc) is 2.56. The topological polar surface area (TPSA) is 41.6 Å². The van der Waals surface area contributed by atoms with Gasteiger partial charge in [-0.2, -0.15) is 5.26 Å². The van der Waals surface area contributed by atoms with Gasteiger partial charge in [-0.25, -0.2) is 9.37 Å². The number of rotatable bonds is 3. The predicted molar refractivity (Wildman–Crippen MR) is 61.6 cm³/mol. The molecule has 16 heavy (non-hydrogen) atoms. The number of aryl methyl sites for hydroxylation is 1. The summed E-state index contributed by atoms with van der Waals surface area (Å²) in [6.45, 7) is 0. The highest BCUT2D eigenvalue weighted by Crippen LogP contribution is 2.23. The Labute approximate surface area is 96.9 Å². The van der Waals surface area contributed by atoms with Gasteiger partial charge < -0.3 is 4.57 Å². The van der Waals surface area contributed by atoms with Gasteiger partial charge in [-0.05, 0) is 12.1 Å². The molecule has 82 valence electrons. The monoisotopic (exact) mass is 235 g/mol. The van der Waals surface area contributed by atoms with Crippen LogP contribution in [0.2, 0.25) is 0 Å². The lowest BCUT2D eigenvalue weighted by molar-refractivity contribution is 0.629. The summed E-state index contributed by atoms with van der Waals surface area (Å²) in [6.07, 6.45) is 0.488. The predicted octanol–water partition coefficient (Wildman–Crippen LogP) is 2.72. The standard InChI is InChI=1S/C11H10FN3S/c1-15-10-4-3-8(12)7-9(10)14-11(15)16-6-2-5-13/h3-4,7H,2,6H2,1H3. The number of aromatic nitrogens is 2. The van der Waals surface area contributed by atoms with Crippen LogP contribution in [-0.4, -0.2) is 15.3 Å². The fraction of sp³-hybridized carbons (Fsp3) is 0.273. The minimum Gasteiger partial charge on any atom is -0.322 e. The fourth-order valence-corrected chi connectivity index (χ4v) is 2.30. The van der Waals surface area contributed by atoms with E-state index in [0.717, 1.165) is 10.7 Å². The smallest absolute Gasteiger partial charge is 0.168 e. The summed E-state index contributed by atoms with van der Waals surface area (Å²) in [4.78, 5) is 4.32. The second kappa shape index (κ2) is 4.54. The Balaban J connectivity index is 2.33. The summed E-state index contributed by atoms with van der Waals surface area (Å²) in [5.74, 6) is 0.426. The number of nitrogens with zero attached hydrogens (tertiary/aromatic N) is 3. The molecule has 0 aliphatic carbocycles. The SMILES string of the molecule is Cn1c(SCCC#N)nc2cc(F)ccc21. The molecule has 0 atom stereocenters. The first-order valence-corrected chi connectivity index (χ1v) is 5.82. The van der Waals surface area contributed by atoms with Crippen molar-refractivity contribution in [2.24, 2.45) is 7.05 Å². The first kappa shape index (κ1) is 11.0. The maximum atomic E-state index is 13.0. The summed E-state index contributed by atoms with van der Waals surface area (Å²) in [5, 5.41) is 9.27. The number of halogens is 1. The number of thioether (sulfide) groups is 1. The molecule has 0 N–H and O–H groups in total. The summed E-state index contributed by atoms with van der Waals surface area (Å²) in [6, 6.07) is 6.64. The van der Waals surface area contributed by atoms with E-state index in [2.05, 4.69) is 11.1 Å². The molecular formula is C11H10FN3S. The summed E-state index contributed by atoms with van der Waals surface area (Å²) < 4.78 is 14.9. The lowest BCUT2D eigenvalue weighted by Gasteiger charge is -1.99. The summed E-state index contributed by atoms with van der Waals surface area (Å²) in [5.41, 5.74) is 1.56. The Hall–Kier alpha value is -1.54. The van der Waals surface area contributed by atoms with Crippen LogP contribution in [0.1, 0.15) is 6.42 Å². The van der Waals surface area contributed by atoms with Gasteiger partial charge in [0.2, 0.25) is 0 Å². The van der Waals surface area contributed by atoms with Crippen LogP contribution in [0.3, 0.4) is 0 Å². The highest BCUT2D eigenvalue weighted by Gasteiger charge is 2.08. The molecule has 0 saturated heterocycles. The Bertz CT molecular complexity index is 556. The van der Waals surface area contributed by atoms with Crippen molar-refractivity contribution in [2.75, 3.05) is 5.75 Å². The van der Waals surface area contributed by atoms with Gasteiger partial charge in [-0.15, -0.1) is 0 Å². The van der Waals surface area contributed by atoms with Gasteiger partial charge in [0.25, 0.3) is 0 Å². The maximum Gasteiger partial charge on any atom is 0.168 e. The summed E-state index contributed by atoms with van der Waals surface area (Å²) in [7, 11) is 1.89. The quantitative estimate of drug-likeness (QED) is 0.606. The first-order chi connectivity index (χ1) is 7.72. The van der Waals surface area contributed by atoms with Crippen molar-refractivity contribution < 1.29 is 4.39 Å². The molecule has 1 heterocycles. The van der Waals surface area contributed by atoms with E-state index in [0.29, 0.717) is 17.7 Å². The van der Waals surface area contributed by atoms with Crippen LogP contribution in [0.4, 0.5) is 4.39 Å². The second-order valence-corrected chi connectivity index (χ2v) is 4.41. The van der Waals surface area contributed by atoms with Crippen molar-refractivity contribution in [3.8, 4) is 6.07 Å². The summed E-state index contributed by atoms with van der Waals surface area (Å²) >= 11 is 1.51. The van der Waals surface area contributed by atoms with Crippen molar-refractivity contribution in [1.82, 2.24) is 9.55 Å². The van der Waals surface area contributed by atoms with E-state index in [4.69, 9.17) is 5.26 Å². The number of hydrogen-bond acceptors (Lipinski definition) is 3. The largest absolute Gasteiger partial charge is 0.322 e. The third-order valence-electron chi connectivity index (χ3n) is 2.25. The van der Waals surface area contributed by atoms with Gasteiger partial charge in [0.1, 0.15) is 5.82 Å². The van der Waals surface area contributed by atoms with Crippen LogP contribution >= 0.6 is 11.8 Å². The molecule has 5 heteroatoms. The first-order valence-electron chi connectivity index (χ1n) is 4.84. The molecule has 0 spiro atoms. The molecule has 0 aliphatic heterocycles. The average molecular weight is 235 g/mol. The third kappa shape index (κ3) is 2.02. The van der Waals surface area contributed by atoms with E-state index in [1.807, 2.05) is 11.6 Å². The van der Waals surface area contributed by atoms with E-state index >= 15 is 0 Å². The molecular weight excluding hydrogens is 225 g/mol. The zero-order valence-electron chi connectivity index (χ0n) is 8.77. The van der Waals surface area contributed by atoms with Gasteiger partial charge in [0.05, 0.1) is 17.1 Å². The minimum atomic E-state index is -0.279. The van der Waals surface area contributed by atoms with Crippen LogP contribution < -0.4 is 0 Å². The molecule has 0 amide bonds. The zero-order valence-corrected chi connectivity index (χ0v) is 9.59. The van der Waals surface area contributed by atoms with Crippen molar-refractivity contribution in [2.45, 2.75) is 11.6 Å². The number of nitriles is 1. The minimum absolute atomic E-state index is 0.279. The van der Waals surface area contributed by atoms with Crippen molar-refractivity contribution in [3.05, 3.63) is 24.0 Å². The van der Waals surface area contributed by atoms with E-state index in [1.54, 1.807) is 6.07 Å². The molecule has 0 saturated carbocycles. The highest BCUT2D eigenvalue weighted by atomic mass is 32.2. The van der Waals surface area contributed by atoms with Gasteiger partial charge in [0, 0.05) is 25.3 Å². The molecule has 1 aromatic heterocycles. The normalized spacial score (nSPS) is 10.6. The molecule has 1 aromatic carbocycles. The molecule has 2 aromatic rings. The van der Waals surface area contributed by atoms with Gasteiger partial charge in [-0.1, -0.05) is 11.8 Å². The lowest BCUT2D eigenvalue weighted by Crippen LogP contribution is -1.91. The Morgan fingerprint density at radius 3 is 3.12 bits per heavy atom. The van der Waals surface area contributed by atoms with Gasteiger partial charge in [-0.3, -0.25) is 0 Å². The number of imidazole rings is 1. The maximum absolute atomic E-state index is 13.0. The lowest BCUT2D eigenvalue weighted by atomic mass is 10.3. The highest BCUT2D eigenvalue weighted by molar-refractivity contribution is 7.99. The van der Waals surface area contributed by atoms with E-state index in [-0.39, 0.29) is 5.82 Å². The van der Waals surface area contributed by atoms with Crippen LogP contribution in [0.5, 0.6) is 0 Å².